The summed E-state index contributed by atoms with van der Waals surface area (Å²) in [5, 5.41) is 22.2. The fourth-order valence-corrected chi connectivity index (χ4v) is 8.22. The van der Waals surface area contributed by atoms with Crippen LogP contribution in [0.25, 0.3) is 0 Å². The second-order valence-corrected chi connectivity index (χ2v) is 13.9. The number of carboxylic acids is 2. The lowest BCUT2D eigenvalue weighted by atomic mass is 10.0. The molecular weight excluding hydrogens is 765 g/mol. The van der Waals surface area contributed by atoms with Crippen molar-refractivity contribution in [3.8, 4) is 0 Å². The van der Waals surface area contributed by atoms with E-state index in [1.165, 1.54) is 45.1 Å². The molecule has 3 heterocycles. The van der Waals surface area contributed by atoms with Gasteiger partial charge in [0.05, 0.1) is 10.8 Å². The predicted octanol–water partition coefficient (Wildman–Crippen LogP) is -0.830. The minimum Gasteiger partial charge on any atom is -1.00 e. The van der Waals surface area contributed by atoms with Crippen molar-refractivity contribution in [2.24, 2.45) is 5.73 Å². The molecule has 0 radical (unpaired) electrons. The van der Waals surface area contributed by atoms with Crippen LogP contribution in [-0.4, -0.2) is 98.0 Å². The van der Waals surface area contributed by atoms with E-state index in [4.69, 9.17) is 34.0 Å². The highest BCUT2D eigenvalue weighted by atomic mass is 79.9. The molecule has 3 amide bonds. The van der Waals surface area contributed by atoms with E-state index in [1.807, 2.05) is 0 Å². The number of amides is 3. The number of rotatable bonds is 15. The summed E-state index contributed by atoms with van der Waals surface area (Å²) in [4.78, 5) is 65.5. The van der Waals surface area contributed by atoms with E-state index in [2.05, 4.69) is 5.32 Å². The third-order valence-electron chi connectivity index (χ3n) is 6.72. The van der Waals surface area contributed by atoms with E-state index in [0.29, 0.717) is 45.0 Å². The van der Waals surface area contributed by atoms with E-state index in [1.54, 1.807) is 47.3 Å². The highest BCUT2D eigenvalue weighted by Gasteiger charge is 2.54. The number of pyridine rings is 1. The van der Waals surface area contributed by atoms with E-state index in [-0.39, 0.29) is 53.3 Å². The van der Waals surface area contributed by atoms with Crippen LogP contribution < -0.4 is 32.6 Å². The summed E-state index contributed by atoms with van der Waals surface area (Å²) < 4.78 is 1.63. The van der Waals surface area contributed by atoms with Crippen molar-refractivity contribution in [3.63, 3.8) is 0 Å². The van der Waals surface area contributed by atoms with Crippen LogP contribution in [0.15, 0.2) is 63.8 Å². The van der Waals surface area contributed by atoms with Gasteiger partial charge in [0.15, 0.2) is 12.4 Å². The maximum atomic E-state index is 13.0. The summed E-state index contributed by atoms with van der Waals surface area (Å²) in [5.41, 5.74) is 6.00. The van der Waals surface area contributed by atoms with Crippen LogP contribution in [-0.2, 0) is 30.5 Å². The standard InChI is InChI=1S/C28H29Cl2N5O7S3.BrH/c29-17-2-3-19(30)20(10-17)44-15-21(36)32-24-26(40)35-25(28(41)42)16(14-45-27(24)35)13-43-18-4-8-33(9-5-18)11-22(37)34(7-1-6-31)12-23(38)39;/h2-5,8-10,24,27H,1,6-7,11-15,31H2,(H2-,32,36,38,39,41,42);1H/t24-,27+;/m0./s1. The van der Waals surface area contributed by atoms with Crippen molar-refractivity contribution >= 4 is 88.1 Å². The van der Waals surface area contributed by atoms with E-state index in [9.17, 15) is 29.1 Å². The Morgan fingerprint density at radius 3 is 2.50 bits per heavy atom. The fraction of sp³-hybridized carbons (Fsp3) is 0.357. The zero-order chi connectivity index (χ0) is 32.7. The smallest absolute Gasteiger partial charge is 0.352 e. The molecule has 2 aliphatic rings. The molecule has 2 atom stereocenters. The second-order valence-electron chi connectivity index (χ2n) is 9.92. The largest absolute Gasteiger partial charge is 1.00 e. The number of halogens is 3. The van der Waals surface area contributed by atoms with Gasteiger partial charge in [0.2, 0.25) is 12.5 Å². The Bertz CT molecular complexity index is 1520. The third-order valence-corrected chi connectivity index (χ3v) is 10.9. The average Bonchev–Trinajstić information content (AvgIpc) is 3.01. The van der Waals surface area contributed by atoms with E-state index < -0.39 is 35.8 Å². The molecule has 248 valence electrons. The van der Waals surface area contributed by atoms with Crippen molar-refractivity contribution in [1.29, 1.82) is 0 Å². The molecule has 5 N–H and O–H groups in total. The number of β-lactam (4-membered cyclic amide) rings is 1. The Morgan fingerprint density at radius 2 is 1.85 bits per heavy atom. The van der Waals surface area contributed by atoms with Crippen LogP contribution >= 0.6 is 58.5 Å². The number of hydrogen-bond donors (Lipinski definition) is 4. The van der Waals surface area contributed by atoms with Crippen LogP contribution in [0.5, 0.6) is 0 Å². The first-order valence-corrected chi connectivity index (χ1v) is 17.3. The normalized spacial score (nSPS) is 17.0. The molecule has 4 rings (SSSR count). The number of thioether (sulfide) groups is 3. The van der Waals surface area contributed by atoms with Gasteiger partial charge in [-0.25, -0.2) is 4.79 Å². The molecule has 1 saturated heterocycles. The van der Waals surface area contributed by atoms with Crippen molar-refractivity contribution in [2.75, 3.05) is 36.9 Å². The minimum absolute atomic E-state index is 0. The molecule has 0 unspecified atom stereocenters. The van der Waals surface area contributed by atoms with Crippen molar-refractivity contribution in [1.82, 2.24) is 15.1 Å². The van der Waals surface area contributed by atoms with Gasteiger partial charge in [-0.3, -0.25) is 24.1 Å². The number of aromatic nitrogens is 1. The van der Waals surface area contributed by atoms with Gasteiger partial charge >= 0.3 is 11.9 Å². The molecule has 2 aromatic rings. The Hall–Kier alpha value is -2.47. The minimum atomic E-state index is -1.22. The van der Waals surface area contributed by atoms with Crippen LogP contribution in [0, 0.1) is 0 Å². The Morgan fingerprint density at radius 1 is 1.13 bits per heavy atom. The van der Waals surface area contributed by atoms with Gasteiger partial charge in [-0.1, -0.05) is 23.2 Å². The summed E-state index contributed by atoms with van der Waals surface area (Å²) in [6.07, 6.45) is 3.86. The maximum Gasteiger partial charge on any atom is 0.352 e. The molecule has 0 spiro atoms. The first-order valence-electron chi connectivity index (χ1n) is 13.6. The van der Waals surface area contributed by atoms with Gasteiger partial charge in [0.25, 0.3) is 11.8 Å². The van der Waals surface area contributed by atoms with Crippen molar-refractivity contribution < 1.29 is 55.7 Å². The molecule has 18 heteroatoms. The quantitative estimate of drug-likeness (QED) is 0.101. The summed E-state index contributed by atoms with van der Waals surface area (Å²) in [6, 6.07) is 7.63. The molecule has 0 saturated carbocycles. The average molecular weight is 796 g/mol. The molecular formula is C28H30BrCl2N5O7S3. The lowest BCUT2D eigenvalue weighted by Crippen LogP contribution is -3.00. The number of carbonyl (C=O) groups is 5. The van der Waals surface area contributed by atoms with Crippen LogP contribution in [0.2, 0.25) is 10.0 Å². The van der Waals surface area contributed by atoms with E-state index >= 15 is 0 Å². The number of carboxylic acid groups (broad SMARTS) is 2. The number of fused-ring (bicyclic) bond motifs is 1. The Balaban J connectivity index is 0.00000576. The topological polar surface area (TPSA) is 174 Å². The summed E-state index contributed by atoms with van der Waals surface area (Å²) in [5.74, 6) is -2.85. The molecule has 46 heavy (non-hydrogen) atoms. The molecule has 2 aliphatic heterocycles. The number of aliphatic carboxylic acids is 2. The van der Waals surface area contributed by atoms with Gasteiger partial charge in [-0.15, -0.1) is 35.3 Å². The van der Waals surface area contributed by atoms with Crippen LogP contribution in [0.1, 0.15) is 6.42 Å². The van der Waals surface area contributed by atoms with Crippen LogP contribution in [0.3, 0.4) is 0 Å². The number of benzene rings is 1. The zero-order valence-electron chi connectivity index (χ0n) is 24.1. The van der Waals surface area contributed by atoms with Gasteiger partial charge in [0.1, 0.15) is 23.7 Å². The van der Waals surface area contributed by atoms with Gasteiger partial charge in [0, 0.05) is 45.0 Å². The lowest BCUT2D eigenvalue weighted by molar-refractivity contribution is -0.685. The summed E-state index contributed by atoms with van der Waals surface area (Å²) >= 11 is 16.1. The maximum absolute atomic E-state index is 13.0. The molecule has 12 nitrogen and oxygen atoms in total. The Labute approximate surface area is 298 Å². The highest BCUT2D eigenvalue weighted by Crippen LogP contribution is 2.41. The van der Waals surface area contributed by atoms with E-state index in [0.717, 1.165) is 4.90 Å². The summed E-state index contributed by atoms with van der Waals surface area (Å²) in [7, 11) is 0. The van der Waals surface area contributed by atoms with Crippen LogP contribution in [0.4, 0.5) is 0 Å². The fourth-order valence-electron chi connectivity index (χ4n) is 4.55. The highest BCUT2D eigenvalue weighted by molar-refractivity contribution is 8.01. The number of nitrogens with one attached hydrogen (secondary N) is 1. The molecule has 0 bridgehead atoms. The van der Waals surface area contributed by atoms with Crippen molar-refractivity contribution in [2.45, 2.75) is 34.2 Å². The molecule has 1 aromatic carbocycles. The summed E-state index contributed by atoms with van der Waals surface area (Å²) in [6.45, 7) is 0.141. The second kappa shape index (κ2) is 17.6. The SMILES string of the molecule is NCCCN(CC(=O)O)C(=O)C[n+]1ccc(SCC2=C(C(=O)O)N3C(=O)[C@H](NC(=O)CSc4cc(Cl)ccc4Cl)[C@H]3SC2)cc1.[Br-]. The number of nitrogens with two attached hydrogens (primary N) is 1. The Kier molecular flexibility index (Phi) is 14.5. The molecule has 0 aliphatic carbocycles. The molecule has 1 aromatic heterocycles. The monoisotopic (exact) mass is 793 g/mol. The number of carbonyl (C=O) groups excluding carboxylic acids is 3. The molecule has 1 fully saturated rings. The van der Waals surface area contributed by atoms with Gasteiger partial charge in [-0.05, 0) is 36.7 Å². The van der Waals surface area contributed by atoms with Gasteiger partial charge < -0.3 is 43.1 Å². The number of hydrogen-bond acceptors (Lipinski definition) is 9. The third kappa shape index (κ3) is 9.78. The van der Waals surface area contributed by atoms with Gasteiger partial charge in [-0.2, -0.15) is 4.57 Å². The predicted molar refractivity (Wildman–Crippen MR) is 172 cm³/mol. The number of nitrogens with zero attached hydrogens (tertiary/aromatic N) is 3. The zero-order valence-corrected chi connectivity index (χ0v) is 29.6. The van der Waals surface area contributed by atoms with Crippen molar-refractivity contribution in [3.05, 3.63) is 64.0 Å². The first kappa shape index (κ1) is 38.0. The first-order chi connectivity index (χ1) is 21.5. The lowest BCUT2D eigenvalue weighted by Gasteiger charge is -2.49.